The van der Waals surface area contributed by atoms with Crippen LogP contribution in [-0.4, -0.2) is 44.4 Å². The number of piperidine rings is 1. The van der Waals surface area contributed by atoms with E-state index in [1.807, 2.05) is 47.4 Å². The van der Waals surface area contributed by atoms with Gasteiger partial charge in [0.1, 0.15) is 0 Å². The Balaban J connectivity index is 1.57. The predicted molar refractivity (Wildman–Crippen MR) is 129 cm³/mol. The highest BCUT2D eigenvalue weighted by Gasteiger charge is 2.26. The number of likely N-dealkylation sites (tertiary alicyclic amines) is 1. The molecule has 0 spiro atoms. The Morgan fingerprint density at radius 2 is 1.71 bits per heavy atom. The Morgan fingerprint density at radius 1 is 1.03 bits per heavy atom. The van der Waals surface area contributed by atoms with Crippen LogP contribution in [0.3, 0.4) is 0 Å². The normalized spacial score (nSPS) is 18.9. The van der Waals surface area contributed by atoms with Crippen LogP contribution < -0.4 is 0 Å². The van der Waals surface area contributed by atoms with Crippen molar-refractivity contribution in [3.8, 4) is 11.4 Å². The number of hydrogen-bond donors (Lipinski definition) is 0. The molecule has 1 aromatic heterocycles. The van der Waals surface area contributed by atoms with Gasteiger partial charge in [-0.3, -0.25) is 9.36 Å². The number of halogens is 1. The summed E-state index contributed by atoms with van der Waals surface area (Å²) in [4.78, 5) is 14.9. The monoisotopic (exact) mass is 498 g/mol. The first-order chi connectivity index (χ1) is 15.0. The van der Waals surface area contributed by atoms with E-state index in [4.69, 9.17) is 0 Å². The number of hydrogen-bond acceptors (Lipinski definition) is 4. The highest BCUT2D eigenvalue weighted by Crippen LogP contribution is 2.30. The first-order valence-electron chi connectivity index (χ1n) is 10.6. The summed E-state index contributed by atoms with van der Waals surface area (Å²) in [6.07, 6.45) is 1.19. The fourth-order valence-corrected chi connectivity index (χ4v) is 5.53. The van der Waals surface area contributed by atoms with Crippen LogP contribution in [0.25, 0.3) is 11.4 Å². The Bertz CT molecular complexity index is 1030. The van der Waals surface area contributed by atoms with Gasteiger partial charge in [-0.1, -0.05) is 90.1 Å². The molecular formula is C24H27BrN4OS. The third kappa shape index (κ3) is 5.39. The van der Waals surface area contributed by atoms with Crippen molar-refractivity contribution in [2.75, 3.05) is 18.8 Å². The van der Waals surface area contributed by atoms with E-state index < -0.39 is 0 Å². The highest BCUT2D eigenvalue weighted by atomic mass is 79.9. The van der Waals surface area contributed by atoms with E-state index in [1.54, 1.807) is 0 Å². The SMILES string of the molecule is CC1CC(C)CN(C(=O)CSc2nnc(-c3ccccc3Br)n2Cc2ccccc2)C1. The van der Waals surface area contributed by atoms with Gasteiger partial charge < -0.3 is 4.90 Å². The maximum Gasteiger partial charge on any atom is 0.233 e. The van der Waals surface area contributed by atoms with E-state index in [-0.39, 0.29) is 5.91 Å². The molecule has 1 aliphatic rings. The third-order valence-electron chi connectivity index (χ3n) is 5.56. The van der Waals surface area contributed by atoms with Crippen LogP contribution in [0.2, 0.25) is 0 Å². The Kier molecular flexibility index (Phi) is 7.13. The molecule has 162 valence electrons. The van der Waals surface area contributed by atoms with Crippen molar-refractivity contribution in [2.24, 2.45) is 11.8 Å². The van der Waals surface area contributed by atoms with E-state index in [0.29, 0.717) is 24.1 Å². The number of rotatable bonds is 6. The molecule has 3 aromatic rings. The van der Waals surface area contributed by atoms with Crippen LogP contribution in [0.15, 0.2) is 64.2 Å². The number of amides is 1. The number of carbonyl (C=O) groups excluding carboxylic acids is 1. The van der Waals surface area contributed by atoms with E-state index in [0.717, 1.165) is 34.1 Å². The Hall–Kier alpha value is -2.12. The molecule has 2 aromatic carbocycles. The molecule has 31 heavy (non-hydrogen) atoms. The molecule has 0 N–H and O–H groups in total. The molecule has 0 saturated carbocycles. The van der Waals surface area contributed by atoms with Crippen molar-refractivity contribution >= 4 is 33.6 Å². The second kappa shape index (κ2) is 10.0. The smallest absolute Gasteiger partial charge is 0.233 e. The van der Waals surface area contributed by atoms with Crippen molar-refractivity contribution in [1.82, 2.24) is 19.7 Å². The molecule has 7 heteroatoms. The summed E-state index contributed by atoms with van der Waals surface area (Å²) >= 11 is 5.11. The lowest BCUT2D eigenvalue weighted by Crippen LogP contribution is -2.43. The van der Waals surface area contributed by atoms with Crippen LogP contribution in [0.4, 0.5) is 0 Å². The van der Waals surface area contributed by atoms with Gasteiger partial charge in [0.05, 0.1) is 12.3 Å². The van der Waals surface area contributed by atoms with Crippen molar-refractivity contribution in [3.63, 3.8) is 0 Å². The van der Waals surface area contributed by atoms with Crippen LogP contribution in [0.1, 0.15) is 25.8 Å². The van der Waals surface area contributed by atoms with Gasteiger partial charge in [-0.2, -0.15) is 0 Å². The molecule has 1 saturated heterocycles. The molecule has 2 atom stereocenters. The van der Waals surface area contributed by atoms with Gasteiger partial charge in [0.2, 0.25) is 5.91 Å². The lowest BCUT2D eigenvalue weighted by Gasteiger charge is -2.35. The van der Waals surface area contributed by atoms with E-state index in [9.17, 15) is 4.79 Å². The molecule has 0 radical (unpaired) electrons. The minimum absolute atomic E-state index is 0.181. The van der Waals surface area contributed by atoms with E-state index >= 15 is 0 Å². The second-order valence-electron chi connectivity index (χ2n) is 8.39. The number of thioether (sulfide) groups is 1. The fourth-order valence-electron chi connectivity index (χ4n) is 4.23. The molecular weight excluding hydrogens is 472 g/mol. The van der Waals surface area contributed by atoms with Gasteiger partial charge in [0, 0.05) is 23.1 Å². The first-order valence-corrected chi connectivity index (χ1v) is 12.4. The van der Waals surface area contributed by atoms with Crippen LogP contribution in [0, 0.1) is 11.8 Å². The van der Waals surface area contributed by atoms with Crippen molar-refractivity contribution in [2.45, 2.75) is 32.0 Å². The molecule has 4 rings (SSSR count). The molecule has 1 amide bonds. The maximum atomic E-state index is 12.9. The van der Waals surface area contributed by atoms with E-state index in [2.05, 4.69) is 56.7 Å². The van der Waals surface area contributed by atoms with Crippen molar-refractivity contribution < 1.29 is 4.79 Å². The van der Waals surface area contributed by atoms with Gasteiger partial charge in [0.25, 0.3) is 0 Å². The Labute approximate surface area is 196 Å². The minimum Gasteiger partial charge on any atom is -0.341 e. The third-order valence-corrected chi connectivity index (χ3v) is 7.20. The summed E-state index contributed by atoms with van der Waals surface area (Å²) in [5.74, 6) is 2.47. The van der Waals surface area contributed by atoms with Crippen LogP contribution in [-0.2, 0) is 11.3 Å². The molecule has 5 nitrogen and oxygen atoms in total. The zero-order valence-corrected chi connectivity index (χ0v) is 20.3. The average molecular weight is 499 g/mol. The van der Waals surface area contributed by atoms with Gasteiger partial charge in [0.15, 0.2) is 11.0 Å². The molecule has 2 heterocycles. The quantitative estimate of drug-likeness (QED) is 0.429. The summed E-state index contributed by atoms with van der Waals surface area (Å²) in [6.45, 7) is 6.80. The topological polar surface area (TPSA) is 51.0 Å². The molecule has 2 unspecified atom stereocenters. The van der Waals surface area contributed by atoms with Gasteiger partial charge in [-0.15, -0.1) is 10.2 Å². The molecule has 1 fully saturated rings. The maximum absolute atomic E-state index is 12.9. The largest absolute Gasteiger partial charge is 0.341 e. The zero-order valence-electron chi connectivity index (χ0n) is 17.9. The highest BCUT2D eigenvalue weighted by molar-refractivity contribution is 9.10. The predicted octanol–water partition coefficient (Wildman–Crippen LogP) is 5.35. The number of benzene rings is 2. The number of aromatic nitrogens is 3. The molecule has 0 aliphatic carbocycles. The van der Waals surface area contributed by atoms with Gasteiger partial charge in [-0.05, 0) is 29.9 Å². The second-order valence-corrected chi connectivity index (χ2v) is 10.2. The molecule has 1 aliphatic heterocycles. The lowest BCUT2D eigenvalue weighted by atomic mass is 9.92. The van der Waals surface area contributed by atoms with Crippen LogP contribution in [0.5, 0.6) is 0 Å². The summed E-state index contributed by atoms with van der Waals surface area (Å²) in [5.41, 5.74) is 2.16. The fraction of sp³-hybridized carbons (Fsp3) is 0.375. The standard InChI is InChI=1S/C24H27BrN4OS/c1-17-12-18(2)14-28(13-17)22(30)16-31-24-27-26-23(20-10-6-7-11-21(20)25)29(24)15-19-8-4-3-5-9-19/h3-11,17-18H,12-16H2,1-2H3. The number of nitrogens with zero attached hydrogens (tertiary/aromatic N) is 4. The zero-order chi connectivity index (χ0) is 21.8. The molecule has 0 bridgehead atoms. The average Bonchev–Trinajstić information content (AvgIpc) is 3.14. The number of carbonyl (C=O) groups is 1. The summed E-state index contributed by atoms with van der Waals surface area (Å²) in [7, 11) is 0. The first kappa shape index (κ1) is 22.1. The van der Waals surface area contributed by atoms with Crippen molar-refractivity contribution in [1.29, 1.82) is 0 Å². The van der Waals surface area contributed by atoms with Gasteiger partial charge in [-0.25, -0.2) is 0 Å². The summed E-state index contributed by atoms with van der Waals surface area (Å²) in [5, 5.41) is 9.72. The summed E-state index contributed by atoms with van der Waals surface area (Å²) < 4.78 is 3.08. The summed E-state index contributed by atoms with van der Waals surface area (Å²) in [6, 6.07) is 18.3. The lowest BCUT2D eigenvalue weighted by molar-refractivity contribution is -0.130. The van der Waals surface area contributed by atoms with Crippen molar-refractivity contribution in [3.05, 3.63) is 64.6 Å². The van der Waals surface area contributed by atoms with E-state index in [1.165, 1.54) is 23.7 Å². The minimum atomic E-state index is 0.181. The Morgan fingerprint density at radius 3 is 2.42 bits per heavy atom. The van der Waals surface area contributed by atoms with Crippen LogP contribution >= 0.6 is 27.7 Å². The van der Waals surface area contributed by atoms with Gasteiger partial charge >= 0.3 is 0 Å².